The minimum Gasteiger partial charge on any atom is -0.508 e. The van der Waals surface area contributed by atoms with E-state index in [0.29, 0.717) is 29.7 Å². The number of hydrogen-bond acceptors (Lipinski definition) is 5. The highest BCUT2D eigenvalue weighted by molar-refractivity contribution is 5.96. The lowest BCUT2D eigenvalue weighted by atomic mass is 9.76. The number of aryl methyl sites for hydroxylation is 2. The monoisotopic (exact) mass is 488 g/mol. The first-order chi connectivity index (χ1) is 17.3. The largest absolute Gasteiger partial charge is 0.508 e. The van der Waals surface area contributed by atoms with Gasteiger partial charge in [0.1, 0.15) is 17.3 Å². The maximum Gasteiger partial charge on any atom is 0.162 e. The SMILES string of the molecule is CCC(C(CCC(=O)c1ccc(C)cc1)C(=O)CCOc1ccc(C)cc1)C(O)c1ccc(O)cc1. The molecule has 2 N–H and O–H groups in total. The number of aliphatic hydroxyl groups excluding tert-OH is 1. The summed E-state index contributed by atoms with van der Waals surface area (Å²) in [6.07, 6.45) is 0.435. The molecule has 0 aliphatic heterocycles. The summed E-state index contributed by atoms with van der Waals surface area (Å²) in [5, 5.41) is 20.8. The van der Waals surface area contributed by atoms with E-state index >= 15 is 0 Å². The smallest absolute Gasteiger partial charge is 0.162 e. The van der Waals surface area contributed by atoms with Crippen LogP contribution in [-0.4, -0.2) is 28.4 Å². The summed E-state index contributed by atoms with van der Waals surface area (Å²) in [5.41, 5.74) is 3.47. The summed E-state index contributed by atoms with van der Waals surface area (Å²) < 4.78 is 5.78. The molecule has 0 heterocycles. The lowest BCUT2D eigenvalue weighted by molar-refractivity contribution is -0.127. The maximum absolute atomic E-state index is 13.4. The fourth-order valence-corrected chi connectivity index (χ4v) is 4.52. The molecule has 3 aromatic carbocycles. The third-order valence-electron chi connectivity index (χ3n) is 6.74. The number of carbonyl (C=O) groups excluding carboxylic acids is 2. The summed E-state index contributed by atoms with van der Waals surface area (Å²) in [7, 11) is 0. The predicted molar refractivity (Wildman–Crippen MR) is 141 cm³/mol. The molecule has 0 aromatic heterocycles. The van der Waals surface area contributed by atoms with Gasteiger partial charge in [-0.25, -0.2) is 0 Å². The van der Waals surface area contributed by atoms with Gasteiger partial charge in [-0.15, -0.1) is 0 Å². The van der Waals surface area contributed by atoms with Crippen LogP contribution in [0.2, 0.25) is 0 Å². The molecule has 0 aliphatic rings. The van der Waals surface area contributed by atoms with E-state index in [0.717, 1.165) is 11.1 Å². The van der Waals surface area contributed by atoms with Crippen molar-refractivity contribution in [1.29, 1.82) is 0 Å². The Morgan fingerprint density at radius 1 is 0.833 bits per heavy atom. The summed E-state index contributed by atoms with van der Waals surface area (Å²) in [5.74, 6) is -0.0949. The Kier molecular flexibility index (Phi) is 9.83. The number of ether oxygens (including phenoxy) is 1. The zero-order valence-electron chi connectivity index (χ0n) is 21.3. The molecule has 36 heavy (non-hydrogen) atoms. The van der Waals surface area contributed by atoms with Gasteiger partial charge in [-0.3, -0.25) is 9.59 Å². The van der Waals surface area contributed by atoms with Gasteiger partial charge in [-0.1, -0.05) is 66.6 Å². The van der Waals surface area contributed by atoms with Gasteiger partial charge in [-0.05, 0) is 62.4 Å². The first kappa shape index (κ1) is 27.2. The maximum atomic E-state index is 13.4. The number of aromatic hydroxyl groups is 1. The molecule has 5 nitrogen and oxygen atoms in total. The molecule has 0 fully saturated rings. The first-order valence-corrected chi connectivity index (χ1v) is 12.6. The summed E-state index contributed by atoms with van der Waals surface area (Å²) >= 11 is 0. The standard InChI is InChI=1S/C31H36O5/c1-4-27(31(35)24-11-13-25(32)14-12-24)28(17-18-29(33)23-9-5-21(2)6-10-23)30(34)19-20-36-26-15-7-22(3)8-16-26/h5-16,27-28,31-32,35H,4,17-20H2,1-3H3. The van der Waals surface area contributed by atoms with E-state index in [-0.39, 0.29) is 42.7 Å². The van der Waals surface area contributed by atoms with Gasteiger partial charge in [0.2, 0.25) is 0 Å². The fourth-order valence-electron chi connectivity index (χ4n) is 4.52. The van der Waals surface area contributed by atoms with Gasteiger partial charge in [0.15, 0.2) is 5.78 Å². The van der Waals surface area contributed by atoms with Crippen molar-refractivity contribution in [3.8, 4) is 11.5 Å². The second kappa shape index (κ2) is 13.0. The van der Waals surface area contributed by atoms with Crippen molar-refractivity contribution in [2.24, 2.45) is 11.8 Å². The van der Waals surface area contributed by atoms with Crippen molar-refractivity contribution in [2.45, 2.75) is 52.6 Å². The van der Waals surface area contributed by atoms with E-state index in [1.807, 2.05) is 69.3 Å². The lowest BCUT2D eigenvalue weighted by Gasteiger charge is -2.30. The Hall–Kier alpha value is -3.44. The molecule has 3 rings (SSSR count). The summed E-state index contributed by atoms with van der Waals surface area (Å²) in [4.78, 5) is 26.3. The van der Waals surface area contributed by atoms with Crippen LogP contribution in [-0.2, 0) is 4.79 Å². The van der Waals surface area contributed by atoms with Crippen LogP contribution in [0.15, 0.2) is 72.8 Å². The highest BCUT2D eigenvalue weighted by Crippen LogP contribution is 2.35. The average molecular weight is 489 g/mol. The number of phenols is 1. The molecule has 0 radical (unpaired) electrons. The quantitative estimate of drug-likeness (QED) is 0.273. The van der Waals surface area contributed by atoms with E-state index in [1.54, 1.807) is 12.1 Å². The molecule has 3 aromatic rings. The van der Waals surface area contributed by atoms with E-state index in [4.69, 9.17) is 4.74 Å². The highest BCUT2D eigenvalue weighted by Gasteiger charge is 2.33. The highest BCUT2D eigenvalue weighted by atomic mass is 16.5. The van der Waals surface area contributed by atoms with Crippen molar-refractivity contribution >= 4 is 11.6 Å². The Morgan fingerprint density at radius 3 is 2.00 bits per heavy atom. The molecular formula is C31H36O5. The van der Waals surface area contributed by atoms with Gasteiger partial charge in [0.05, 0.1) is 12.7 Å². The molecule has 0 amide bonds. The predicted octanol–water partition coefficient (Wildman–Crippen LogP) is 6.39. The van der Waals surface area contributed by atoms with Crippen molar-refractivity contribution in [3.05, 3.63) is 95.1 Å². The van der Waals surface area contributed by atoms with E-state index in [2.05, 4.69) is 0 Å². The Balaban J connectivity index is 1.73. The van der Waals surface area contributed by atoms with Gasteiger partial charge < -0.3 is 14.9 Å². The number of Topliss-reactive ketones (excluding diaryl/α,β-unsaturated/α-hetero) is 2. The first-order valence-electron chi connectivity index (χ1n) is 12.6. The second-order valence-corrected chi connectivity index (χ2v) is 9.42. The lowest BCUT2D eigenvalue weighted by Crippen LogP contribution is -2.30. The zero-order valence-corrected chi connectivity index (χ0v) is 21.3. The number of hydrogen-bond donors (Lipinski definition) is 2. The van der Waals surface area contributed by atoms with Crippen molar-refractivity contribution in [1.82, 2.24) is 0 Å². The minimum atomic E-state index is -0.892. The van der Waals surface area contributed by atoms with Gasteiger partial charge in [0, 0.05) is 24.3 Å². The van der Waals surface area contributed by atoms with E-state index in [1.165, 1.54) is 12.1 Å². The molecule has 0 bridgehead atoms. The van der Waals surface area contributed by atoms with Gasteiger partial charge >= 0.3 is 0 Å². The van der Waals surface area contributed by atoms with Crippen LogP contribution in [0.25, 0.3) is 0 Å². The van der Waals surface area contributed by atoms with Gasteiger partial charge in [0.25, 0.3) is 0 Å². The van der Waals surface area contributed by atoms with E-state index in [9.17, 15) is 19.8 Å². The van der Waals surface area contributed by atoms with E-state index < -0.39 is 12.0 Å². The van der Waals surface area contributed by atoms with Crippen LogP contribution in [0, 0.1) is 25.7 Å². The molecule has 0 aliphatic carbocycles. The number of ketones is 2. The van der Waals surface area contributed by atoms with Crippen molar-refractivity contribution < 1.29 is 24.5 Å². The number of benzene rings is 3. The van der Waals surface area contributed by atoms with Crippen LogP contribution in [0.3, 0.4) is 0 Å². The topological polar surface area (TPSA) is 83.8 Å². The third-order valence-corrected chi connectivity index (χ3v) is 6.74. The average Bonchev–Trinajstić information content (AvgIpc) is 2.88. The number of carbonyl (C=O) groups is 2. The molecule has 0 saturated heterocycles. The van der Waals surface area contributed by atoms with Crippen LogP contribution in [0.5, 0.6) is 11.5 Å². The number of rotatable bonds is 13. The van der Waals surface area contributed by atoms with Crippen LogP contribution in [0.1, 0.15) is 65.8 Å². The zero-order chi connectivity index (χ0) is 26.1. The molecular weight excluding hydrogens is 452 g/mol. The van der Waals surface area contributed by atoms with Crippen molar-refractivity contribution in [3.63, 3.8) is 0 Å². The second-order valence-electron chi connectivity index (χ2n) is 9.42. The molecule has 0 spiro atoms. The normalized spacial score (nSPS) is 13.6. The fraction of sp³-hybridized carbons (Fsp3) is 0.355. The molecule has 3 unspecified atom stereocenters. The van der Waals surface area contributed by atoms with Crippen LogP contribution in [0.4, 0.5) is 0 Å². The molecule has 3 atom stereocenters. The number of phenolic OH excluding ortho intramolecular Hbond substituents is 1. The van der Waals surface area contributed by atoms with Crippen LogP contribution < -0.4 is 4.74 Å². The van der Waals surface area contributed by atoms with Crippen LogP contribution >= 0.6 is 0 Å². The number of aliphatic hydroxyl groups is 1. The molecule has 0 saturated carbocycles. The third kappa shape index (κ3) is 7.53. The minimum absolute atomic E-state index is 0.0160. The molecule has 5 heteroatoms. The molecule has 190 valence electrons. The van der Waals surface area contributed by atoms with Crippen molar-refractivity contribution in [2.75, 3.05) is 6.61 Å². The Bertz CT molecular complexity index is 1120. The summed E-state index contributed by atoms with van der Waals surface area (Å²) in [6.45, 7) is 6.15. The van der Waals surface area contributed by atoms with Gasteiger partial charge in [-0.2, -0.15) is 0 Å². The summed E-state index contributed by atoms with van der Waals surface area (Å²) in [6, 6.07) is 21.5. The Labute approximate surface area is 213 Å². The Morgan fingerprint density at radius 2 is 1.42 bits per heavy atom.